The van der Waals surface area contributed by atoms with Crippen molar-refractivity contribution in [2.45, 2.75) is 19.3 Å². The van der Waals surface area contributed by atoms with Gasteiger partial charge in [-0.1, -0.05) is 17.4 Å². The zero-order valence-corrected chi connectivity index (χ0v) is 14.0. The van der Waals surface area contributed by atoms with E-state index in [4.69, 9.17) is 0 Å². The predicted molar refractivity (Wildman–Crippen MR) is 92.4 cm³/mol. The Bertz CT molecular complexity index is 704. The number of likely N-dealkylation sites (tertiary alicyclic amines) is 1. The highest BCUT2D eigenvalue weighted by Gasteiger charge is 2.19. The van der Waals surface area contributed by atoms with Crippen molar-refractivity contribution >= 4 is 34.1 Å². The van der Waals surface area contributed by atoms with Crippen LogP contribution >= 0.6 is 11.3 Å². The molecule has 0 aliphatic carbocycles. The van der Waals surface area contributed by atoms with Gasteiger partial charge in [-0.2, -0.15) is 0 Å². The Morgan fingerprint density at radius 2 is 2.25 bits per heavy atom. The Morgan fingerprint density at radius 1 is 1.33 bits per heavy atom. The first-order chi connectivity index (χ1) is 11.7. The van der Waals surface area contributed by atoms with Gasteiger partial charge in [-0.15, -0.1) is 0 Å². The average molecular weight is 345 g/mol. The van der Waals surface area contributed by atoms with Crippen molar-refractivity contribution in [2.24, 2.45) is 0 Å². The lowest BCUT2D eigenvalue weighted by atomic mass is 10.3. The maximum atomic E-state index is 12.1. The van der Waals surface area contributed by atoms with Gasteiger partial charge in [-0.3, -0.25) is 9.59 Å². The normalized spacial score (nSPS) is 14.0. The standard InChI is InChI=1S/C16H19N5O2S/c22-14-6-3-9-21(14)10-4-8-18-15(23)12-11-19-16(24-12)20-13-5-1-2-7-17-13/h1-2,5,7,11H,3-4,6,8-10H2,(H,18,23)(H,17,19,20). The van der Waals surface area contributed by atoms with E-state index in [2.05, 4.69) is 20.6 Å². The van der Waals surface area contributed by atoms with Gasteiger partial charge >= 0.3 is 0 Å². The highest BCUT2D eigenvalue weighted by Crippen LogP contribution is 2.21. The number of hydrogen-bond donors (Lipinski definition) is 2. The number of nitrogens with zero attached hydrogens (tertiary/aromatic N) is 3. The van der Waals surface area contributed by atoms with E-state index in [1.54, 1.807) is 12.4 Å². The number of carbonyl (C=O) groups excluding carboxylic acids is 2. The van der Waals surface area contributed by atoms with E-state index >= 15 is 0 Å². The van der Waals surface area contributed by atoms with Crippen LogP contribution in [0.1, 0.15) is 28.9 Å². The molecule has 1 fully saturated rings. The highest BCUT2D eigenvalue weighted by molar-refractivity contribution is 7.17. The number of anilines is 2. The molecule has 0 atom stereocenters. The Morgan fingerprint density at radius 3 is 3.00 bits per heavy atom. The lowest BCUT2D eigenvalue weighted by Gasteiger charge is -2.15. The van der Waals surface area contributed by atoms with Crippen molar-refractivity contribution < 1.29 is 9.59 Å². The van der Waals surface area contributed by atoms with Gasteiger partial charge in [0.25, 0.3) is 5.91 Å². The van der Waals surface area contributed by atoms with Gasteiger partial charge < -0.3 is 15.5 Å². The Hall–Kier alpha value is -2.48. The number of thiazole rings is 1. The second kappa shape index (κ2) is 7.87. The van der Waals surface area contributed by atoms with Crippen LogP contribution in [0.25, 0.3) is 0 Å². The minimum atomic E-state index is -0.144. The Kier molecular flexibility index (Phi) is 5.37. The fourth-order valence-corrected chi connectivity index (χ4v) is 3.22. The van der Waals surface area contributed by atoms with Crippen LogP contribution < -0.4 is 10.6 Å². The summed E-state index contributed by atoms with van der Waals surface area (Å²) in [6.07, 6.45) is 5.59. The SMILES string of the molecule is O=C(NCCCN1CCCC1=O)c1cnc(Nc2ccccn2)s1. The molecule has 0 aromatic carbocycles. The van der Waals surface area contributed by atoms with Crippen LogP contribution in [0.3, 0.4) is 0 Å². The summed E-state index contributed by atoms with van der Waals surface area (Å²) < 4.78 is 0. The van der Waals surface area contributed by atoms with Gasteiger partial charge in [0.15, 0.2) is 5.13 Å². The van der Waals surface area contributed by atoms with Gasteiger partial charge in [-0.05, 0) is 25.0 Å². The first-order valence-corrected chi connectivity index (χ1v) is 8.74. The van der Waals surface area contributed by atoms with Crippen LogP contribution in [0.4, 0.5) is 10.9 Å². The molecular formula is C16H19N5O2S. The van der Waals surface area contributed by atoms with E-state index in [0.717, 1.165) is 19.4 Å². The second-order valence-electron chi connectivity index (χ2n) is 5.46. The van der Waals surface area contributed by atoms with Crippen LogP contribution in [0, 0.1) is 0 Å². The zero-order chi connectivity index (χ0) is 16.8. The van der Waals surface area contributed by atoms with Crippen LogP contribution in [0.5, 0.6) is 0 Å². The van der Waals surface area contributed by atoms with Crippen molar-refractivity contribution in [3.8, 4) is 0 Å². The van der Waals surface area contributed by atoms with E-state index in [0.29, 0.717) is 35.3 Å². The van der Waals surface area contributed by atoms with Crippen molar-refractivity contribution in [2.75, 3.05) is 25.0 Å². The van der Waals surface area contributed by atoms with Crippen molar-refractivity contribution in [3.05, 3.63) is 35.5 Å². The maximum absolute atomic E-state index is 12.1. The maximum Gasteiger partial charge on any atom is 0.263 e. The van der Waals surface area contributed by atoms with Crippen molar-refractivity contribution in [3.63, 3.8) is 0 Å². The smallest absolute Gasteiger partial charge is 0.263 e. The molecule has 8 heteroatoms. The van der Waals surface area contributed by atoms with Crippen LogP contribution in [0.2, 0.25) is 0 Å². The minimum absolute atomic E-state index is 0.144. The molecule has 1 aliphatic rings. The lowest BCUT2D eigenvalue weighted by Crippen LogP contribution is -2.30. The molecule has 0 saturated carbocycles. The van der Waals surface area contributed by atoms with Gasteiger partial charge in [-0.25, -0.2) is 9.97 Å². The molecular weight excluding hydrogens is 326 g/mol. The molecule has 126 valence electrons. The van der Waals surface area contributed by atoms with Gasteiger partial charge in [0.2, 0.25) is 5.91 Å². The van der Waals surface area contributed by atoms with Crippen LogP contribution in [-0.2, 0) is 4.79 Å². The summed E-state index contributed by atoms with van der Waals surface area (Å²) in [7, 11) is 0. The summed E-state index contributed by atoms with van der Waals surface area (Å²) in [5.74, 6) is 0.762. The highest BCUT2D eigenvalue weighted by atomic mass is 32.1. The average Bonchev–Trinajstić information content (AvgIpc) is 3.22. The largest absolute Gasteiger partial charge is 0.351 e. The van der Waals surface area contributed by atoms with Gasteiger partial charge in [0.1, 0.15) is 10.7 Å². The molecule has 0 radical (unpaired) electrons. The van der Waals surface area contributed by atoms with Gasteiger partial charge in [0.05, 0.1) is 6.20 Å². The van der Waals surface area contributed by atoms with Crippen molar-refractivity contribution in [1.82, 2.24) is 20.2 Å². The van der Waals surface area contributed by atoms with Crippen LogP contribution in [0.15, 0.2) is 30.6 Å². The second-order valence-corrected chi connectivity index (χ2v) is 6.49. The molecule has 0 spiro atoms. The number of amides is 2. The molecule has 24 heavy (non-hydrogen) atoms. The third-order valence-electron chi connectivity index (χ3n) is 3.69. The summed E-state index contributed by atoms with van der Waals surface area (Å²) in [4.78, 5) is 34.3. The molecule has 7 nitrogen and oxygen atoms in total. The minimum Gasteiger partial charge on any atom is -0.351 e. The number of hydrogen-bond acceptors (Lipinski definition) is 6. The monoisotopic (exact) mass is 345 g/mol. The molecule has 1 saturated heterocycles. The number of pyridine rings is 1. The van der Waals surface area contributed by atoms with E-state index in [9.17, 15) is 9.59 Å². The zero-order valence-electron chi connectivity index (χ0n) is 13.2. The van der Waals surface area contributed by atoms with Crippen LogP contribution in [-0.4, -0.2) is 46.3 Å². The molecule has 2 aromatic heterocycles. The quantitative estimate of drug-likeness (QED) is 0.750. The summed E-state index contributed by atoms with van der Waals surface area (Å²) in [5, 5.41) is 6.55. The predicted octanol–water partition coefficient (Wildman–Crippen LogP) is 2.02. The first-order valence-electron chi connectivity index (χ1n) is 7.92. The number of aromatic nitrogens is 2. The number of rotatable bonds is 7. The molecule has 2 aromatic rings. The molecule has 0 bridgehead atoms. The molecule has 0 unspecified atom stereocenters. The van der Waals surface area contributed by atoms with E-state index in [1.807, 2.05) is 23.1 Å². The summed E-state index contributed by atoms with van der Waals surface area (Å²) in [6.45, 7) is 2.09. The third kappa shape index (κ3) is 4.29. The van der Waals surface area contributed by atoms with E-state index < -0.39 is 0 Å². The molecule has 1 aliphatic heterocycles. The number of carbonyl (C=O) groups is 2. The molecule has 3 heterocycles. The summed E-state index contributed by atoms with van der Waals surface area (Å²) >= 11 is 1.28. The topological polar surface area (TPSA) is 87.2 Å². The Labute approximate surface area is 144 Å². The fourth-order valence-electron chi connectivity index (χ4n) is 2.48. The molecule has 2 amide bonds. The Balaban J connectivity index is 1.43. The van der Waals surface area contributed by atoms with E-state index in [-0.39, 0.29) is 11.8 Å². The molecule has 2 N–H and O–H groups in total. The lowest BCUT2D eigenvalue weighted by molar-refractivity contribution is -0.127. The van der Waals surface area contributed by atoms with E-state index in [1.165, 1.54) is 11.3 Å². The fraction of sp³-hybridized carbons (Fsp3) is 0.375. The van der Waals surface area contributed by atoms with Crippen molar-refractivity contribution in [1.29, 1.82) is 0 Å². The van der Waals surface area contributed by atoms with Gasteiger partial charge in [0, 0.05) is 32.3 Å². The molecule has 3 rings (SSSR count). The summed E-state index contributed by atoms with van der Waals surface area (Å²) in [6, 6.07) is 5.55. The first kappa shape index (κ1) is 16.4. The summed E-state index contributed by atoms with van der Waals surface area (Å²) in [5.41, 5.74) is 0. The third-order valence-corrected chi connectivity index (χ3v) is 4.60. The number of nitrogens with one attached hydrogen (secondary N) is 2.